The van der Waals surface area contributed by atoms with Crippen LogP contribution in [0.1, 0.15) is 40.5 Å². The Morgan fingerprint density at radius 1 is 1.21 bits per heavy atom. The van der Waals surface area contributed by atoms with Gasteiger partial charge in [-0.2, -0.15) is 0 Å². The van der Waals surface area contributed by atoms with Gasteiger partial charge in [0.25, 0.3) is 0 Å². The minimum Gasteiger partial charge on any atom is -0.380 e. The number of guanidine groups is 1. The number of aliphatic imine (C=N–C) groups is 1. The lowest BCUT2D eigenvalue weighted by Crippen LogP contribution is -2.45. The monoisotopic (exact) mass is 383 g/mol. The van der Waals surface area contributed by atoms with E-state index in [4.69, 9.17) is 4.74 Å². The number of halogens is 1. The van der Waals surface area contributed by atoms with Crippen LogP contribution in [-0.4, -0.2) is 38.8 Å². The van der Waals surface area contributed by atoms with Gasteiger partial charge >= 0.3 is 0 Å². The largest absolute Gasteiger partial charge is 0.380 e. The summed E-state index contributed by atoms with van der Waals surface area (Å²) in [5.74, 6) is 1.68. The first-order valence-electron chi connectivity index (χ1n) is 7.23. The van der Waals surface area contributed by atoms with Crippen molar-refractivity contribution < 1.29 is 4.74 Å². The Morgan fingerprint density at radius 2 is 1.84 bits per heavy atom. The normalized spacial score (nSPS) is 17.6. The number of rotatable bonds is 7. The van der Waals surface area contributed by atoms with Gasteiger partial charge in [0.1, 0.15) is 0 Å². The van der Waals surface area contributed by atoms with Gasteiger partial charge in [0.15, 0.2) is 5.96 Å². The fourth-order valence-electron chi connectivity index (χ4n) is 1.97. The predicted molar refractivity (Wildman–Crippen MR) is 92.4 cm³/mol. The summed E-state index contributed by atoms with van der Waals surface area (Å²) in [7, 11) is 0. The lowest BCUT2D eigenvalue weighted by atomic mass is 9.89. The molecule has 19 heavy (non-hydrogen) atoms. The molecule has 0 spiro atoms. The Labute approximate surface area is 135 Å². The number of nitrogens with one attached hydrogen (secondary N) is 2. The summed E-state index contributed by atoms with van der Waals surface area (Å²) in [4.78, 5) is 4.66. The van der Waals surface area contributed by atoms with Gasteiger partial charge in [-0.15, -0.1) is 24.0 Å². The van der Waals surface area contributed by atoms with Crippen molar-refractivity contribution >= 4 is 29.9 Å². The summed E-state index contributed by atoms with van der Waals surface area (Å²) >= 11 is 0. The van der Waals surface area contributed by atoms with Gasteiger partial charge in [0.05, 0.1) is 19.8 Å². The molecule has 0 aromatic rings. The van der Waals surface area contributed by atoms with Crippen molar-refractivity contribution in [3.63, 3.8) is 0 Å². The Morgan fingerprint density at radius 3 is 2.26 bits per heavy atom. The van der Waals surface area contributed by atoms with Crippen molar-refractivity contribution in [3.05, 3.63) is 0 Å². The Bertz CT molecular complexity index is 263. The van der Waals surface area contributed by atoms with Crippen LogP contribution < -0.4 is 10.6 Å². The van der Waals surface area contributed by atoms with E-state index >= 15 is 0 Å². The second-order valence-electron chi connectivity index (χ2n) is 5.56. The smallest absolute Gasteiger partial charge is 0.191 e. The van der Waals surface area contributed by atoms with Crippen LogP contribution >= 0.6 is 24.0 Å². The molecule has 0 aromatic heterocycles. The molecule has 1 heterocycles. The van der Waals surface area contributed by atoms with Crippen LogP contribution in [0.25, 0.3) is 0 Å². The van der Waals surface area contributed by atoms with E-state index in [0.29, 0.717) is 0 Å². The zero-order chi connectivity index (χ0) is 13.4. The zero-order valence-electron chi connectivity index (χ0n) is 12.8. The molecular formula is C14H30IN3O. The second kappa shape index (κ2) is 9.80. The first-order chi connectivity index (χ1) is 8.63. The molecule has 5 heteroatoms. The van der Waals surface area contributed by atoms with Crippen LogP contribution in [-0.2, 0) is 4.74 Å². The van der Waals surface area contributed by atoms with Crippen LogP contribution in [0.4, 0.5) is 0 Å². The van der Waals surface area contributed by atoms with E-state index in [0.717, 1.165) is 44.7 Å². The average Bonchev–Trinajstić information content (AvgIpc) is 2.34. The summed E-state index contributed by atoms with van der Waals surface area (Å²) in [6.07, 6.45) is 2.43. The molecule has 2 N–H and O–H groups in total. The van der Waals surface area contributed by atoms with Gasteiger partial charge < -0.3 is 15.4 Å². The average molecular weight is 383 g/mol. The third-order valence-corrected chi connectivity index (χ3v) is 3.58. The maximum absolute atomic E-state index is 5.25. The first-order valence-corrected chi connectivity index (χ1v) is 7.23. The molecule has 0 saturated carbocycles. The molecule has 1 fully saturated rings. The molecule has 4 nitrogen and oxygen atoms in total. The molecule has 0 aliphatic carbocycles. The number of nitrogens with zero attached hydrogens (tertiary/aromatic N) is 1. The minimum atomic E-state index is 0. The van der Waals surface area contributed by atoms with Crippen molar-refractivity contribution in [1.29, 1.82) is 0 Å². The molecule has 0 atom stereocenters. The Balaban J connectivity index is 0.00000324. The lowest BCUT2D eigenvalue weighted by molar-refractivity contribution is -0.0945. The summed E-state index contributed by atoms with van der Waals surface area (Å²) < 4.78 is 5.25. The highest BCUT2D eigenvalue weighted by molar-refractivity contribution is 14.0. The molecular weight excluding hydrogens is 353 g/mol. The topological polar surface area (TPSA) is 45.7 Å². The summed E-state index contributed by atoms with van der Waals surface area (Å²) in [5.41, 5.74) is 0.247. The second-order valence-corrected chi connectivity index (χ2v) is 5.56. The zero-order valence-corrected chi connectivity index (χ0v) is 15.1. The van der Waals surface area contributed by atoms with E-state index in [-0.39, 0.29) is 29.4 Å². The third kappa shape index (κ3) is 6.79. The minimum absolute atomic E-state index is 0. The maximum atomic E-state index is 5.25. The van der Waals surface area contributed by atoms with Gasteiger partial charge in [-0.1, -0.05) is 33.6 Å². The van der Waals surface area contributed by atoms with Crippen molar-refractivity contribution in [3.8, 4) is 0 Å². The van der Waals surface area contributed by atoms with Gasteiger partial charge in [-0.3, -0.25) is 4.99 Å². The van der Waals surface area contributed by atoms with Gasteiger partial charge in [-0.25, -0.2) is 0 Å². The quantitative estimate of drug-likeness (QED) is 0.404. The van der Waals surface area contributed by atoms with E-state index in [2.05, 4.69) is 43.3 Å². The van der Waals surface area contributed by atoms with Crippen LogP contribution in [0, 0.1) is 11.3 Å². The van der Waals surface area contributed by atoms with Crippen molar-refractivity contribution in [1.82, 2.24) is 10.6 Å². The molecule has 0 bridgehead atoms. The Hall–Kier alpha value is -0.0400. The predicted octanol–water partition coefficient (Wildman–Crippen LogP) is 2.63. The molecule has 1 saturated heterocycles. The lowest BCUT2D eigenvalue weighted by Gasteiger charge is -2.36. The Kier molecular flexibility index (Phi) is 9.78. The van der Waals surface area contributed by atoms with Gasteiger partial charge in [-0.05, 0) is 12.8 Å². The summed E-state index contributed by atoms with van der Waals surface area (Å²) in [5, 5.41) is 6.75. The van der Waals surface area contributed by atoms with E-state index in [1.165, 1.54) is 12.8 Å². The van der Waals surface area contributed by atoms with E-state index in [9.17, 15) is 0 Å². The molecule has 114 valence electrons. The van der Waals surface area contributed by atoms with E-state index in [1.807, 2.05) is 0 Å². The molecule has 1 rings (SSSR count). The molecule has 0 amide bonds. The summed E-state index contributed by atoms with van der Waals surface area (Å²) in [6.45, 7) is 13.2. The summed E-state index contributed by atoms with van der Waals surface area (Å²) in [6, 6.07) is 0. The van der Waals surface area contributed by atoms with Crippen LogP contribution in [0.15, 0.2) is 4.99 Å². The molecule has 0 unspecified atom stereocenters. The van der Waals surface area contributed by atoms with Gasteiger partial charge in [0.2, 0.25) is 0 Å². The van der Waals surface area contributed by atoms with Crippen molar-refractivity contribution in [2.75, 3.05) is 32.8 Å². The fourth-order valence-corrected chi connectivity index (χ4v) is 1.97. The number of ether oxygens (including phenoxy) is 1. The highest BCUT2D eigenvalue weighted by Gasteiger charge is 2.33. The number of hydrogen-bond acceptors (Lipinski definition) is 2. The molecule has 1 aliphatic rings. The highest BCUT2D eigenvalue weighted by atomic mass is 127. The van der Waals surface area contributed by atoms with Crippen molar-refractivity contribution in [2.24, 2.45) is 16.3 Å². The van der Waals surface area contributed by atoms with Crippen LogP contribution in [0.5, 0.6) is 0 Å². The van der Waals surface area contributed by atoms with Crippen molar-refractivity contribution in [2.45, 2.75) is 40.5 Å². The third-order valence-electron chi connectivity index (χ3n) is 3.58. The SMILES string of the molecule is CCNC(=NCC1(C)COC1)NCC(CC)CC.I. The van der Waals surface area contributed by atoms with Gasteiger partial charge in [0, 0.05) is 18.5 Å². The maximum Gasteiger partial charge on any atom is 0.191 e. The molecule has 0 aromatic carbocycles. The number of hydrogen-bond donors (Lipinski definition) is 2. The van der Waals surface area contributed by atoms with E-state index in [1.54, 1.807) is 0 Å². The first kappa shape index (κ1) is 19.0. The highest BCUT2D eigenvalue weighted by Crippen LogP contribution is 2.26. The fraction of sp³-hybridized carbons (Fsp3) is 0.929. The molecule has 0 radical (unpaired) electrons. The van der Waals surface area contributed by atoms with Crippen LogP contribution in [0.3, 0.4) is 0 Å². The van der Waals surface area contributed by atoms with Crippen LogP contribution in [0.2, 0.25) is 0 Å². The molecule has 1 aliphatic heterocycles. The van der Waals surface area contributed by atoms with E-state index < -0.39 is 0 Å². The standard InChI is InChI=1S/C14H29N3O.HI/c1-5-12(6-2)8-16-13(15-7-3)17-9-14(4)10-18-11-14;/h12H,5-11H2,1-4H3,(H2,15,16,17);1H.